The number of carbonyl (C=O) groups excluding carboxylic acids is 1. The summed E-state index contributed by atoms with van der Waals surface area (Å²) in [5.41, 5.74) is 0.610. The van der Waals surface area contributed by atoms with Gasteiger partial charge in [0.05, 0.1) is 5.57 Å². The predicted octanol–water partition coefficient (Wildman–Crippen LogP) is 0.712. The molecule has 1 atom stereocenters. The number of Topliss-reactive ketones (excluding diaryl/α,β-unsaturated/α-hetero) is 1. The van der Waals surface area contributed by atoms with Crippen molar-refractivity contribution < 1.29 is 19.8 Å². The monoisotopic (exact) mass is 204 g/mol. The molecule has 0 heterocycles. The fourth-order valence-corrected chi connectivity index (χ4v) is 1.56. The third kappa shape index (κ3) is 1.45. The molecule has 15 heavy (non-hydrogen) atoms. The number of ketones is 1. The Morgan fingerprint density at radius 1 is 1.27 bits per heavy atom. The van der Waals surface area contributed by atoms with Crippen molar-refractivity contribution in [3.05, 3.63) is 41.0 Å². The first-order valence-corrected chi connectivity index (χ1v) is 4.37. The van der Waals surface area contributed by atoms with Crippen LogP contribution >= 0.6 is 0 Å². The molecule has 2 N–H and O–H groups in total. The number of hydrogen-bond donors (Lipinski definition) is 2. The van der Waals surface area contributed by atoms with E-state index >= 15 is 0 Å². The molecule has 1 aromatic rings. The van der Waals surface area contributed by atoms with Gasteiger partial charge in [-0.05, 0) is 11.6 Å². The lowest BCUT2D eigenvalue weighted by atomic mass is 9.89. The van der Waals surface area contributed by atoms with Crippen LogP contribution in [-0.4, -0.2) is 28.1 Å². The zero-order valence-corrected chi connectivity index (χ0v) is 7.68. The number of hydrogen-bond acceptors (Lipinski definition) is 3. The zero-order valence-electron chi connectivity index (χ0n) is 7.68. The van der Waals surface area contributed by atoms with Crippen molar-refractivity contribution in [1.29, 1.82) is 0 Å². The van der Waals surface area contributed by atoms with Crippen LogP contribution in [0.3, 0.4) is 0 Å². The van der Waals surface area contributed by atoms with E-state index in [0.717, 1.165) is 0 Å². The maximum atomic E-state index is 11.6. The van der Waals surface area contributed by atoms with Crippen LogP contribution in [0.25, 0.3) is 6.08 Å². The molecule has 0 saturated heterocycles. The highest BCUT2D eigenvalue weighted by molar-refractivity contribution is 6.13. The van der Waals surface area contributed by atoms with E-state index in [2.05, 4.69) is 0 Å². The Kier molecular flexibility index (Phi) is 2.13. The molecule has 1 unspecified atom stereocenters. The van der Waals surface area contributed by atoms with E-state index in [1.54, 1.807) is 24.3 Å². The minimum Gasteiger partial charge on any atom is -0.478 e. The second-order valence-corrected chi connectivity index (χ2v) is 3.26. The first-order chi connectivity index (χ1) is 7.11. The number of aliphatic carboxylic acids is 1. The Morgan fingerprint density at radius 3 is 2.60 bits per heavy atom. The Bertz CT molecular complexity index is 473. The van der Waals surface area contributed by atoms with Crippen LogP contribution in [0.2, 0.25) is 0 Å². The van der Waals surface area contributed by atoms with Crippen molar-refractivity contribution in [2.45, 2.75) is 6.10 Å². The maximum Gasteiger partial charge on any atom is 0.334 e. The summed E-state index contributed by atoms with van der Waals surface area (Å²) < 4.78 is 0. The van der Waals surface area contributed by atoms with E-state index in [-0.39, 0.29) is 5.57 Å². The molecule has 0 aromatic heterocycles. The molecule has 1 aliphatic rings. The van der Waals surface area contributed by atoms with Gasteiger partial charge in [-0.1, -0.05) is 24.3 Å². The van der Waals surface area contributed by atoms with Crippen LogP contribution in [0, 0.1) is 0 Å². The van der Waals surface area contributed by atoms with E-state index in [9.17, 15) is 14.7 Å². The summed E-state index contributed by atoms with van der Waals surface area (Å²) in [7, 11) is 0. The molecule has 0 aliphatic heterocycles. The summed E-state index contributed by atoms with van der Waals surface area (Å²) >= 11 is 0. The fourth-order valence-electron chi connectivity index (χ4n) is 1.56. The topological polar surface area (TPSA) is 74.6 Å². The van der Waals surface area contributed by atoms with Gasteiger partial charge in [-0.3, -0.25) is 4.79 Å². The number of carboxylic acids is 1. The Labute approximate surface area is 85.5 Å². The zero-order chi connectivity index (χ0) is 11.0. The lowest BCUT2D eigenvalue weighted by Gasteiger charge is -2.17. The first-order valence-electron chi connectivity index (χ1n) is 4.37. The van der Waals surface area contributed by atoms with Gasteiger partial charge in [-0.15, -0.1) is 0 Å². The van der Waals surface area contributed by atoms with E-state index in [4.69, 9.17) is 5.11 Å². The van der Waals surface area contributed by atoms with E-state index in [1.165, 1.54) is 6.08 Å². The van der Waals surface area contributed by atoms with Crippen LogP contribution in [0.15, 0.2) is 29.8 Å². The SMILES string of the molecule is O=C(O)C1=Cc2ccccc2C(=O)C1O. The summed E-state index contributed by atoms with van der Waals surface area (Å²) in [6.07, 6.45) is -0.235. The molecule has 0 spiro atoms. The maximum absolute atomic E-state index is 11.6. The number of aliphatic hydroxyl groups excluding tert-OH is 1. The van der Waals surface area contributed by atoms with E-state index in [1.807, 2.05) is 0 Å². The van der Waals surface area contributed by atoms with Crippen LogP contribution < -0.4 is 0 Å². The van der Waals surface area contributed by atoms with Gasteiger partial charge >= 0.3 is 5.97 Å². The highest BCUT2D eigenvalue weighted by atomic mass is 16.4. The lowest BCUT2D eigenvalue weighted by Crippen LogP contribution is -2.30. The lowest BCUT2D eigenvalue weighted by molar-refractivity contribution is -0.133. The molecule has 0 bridgehead atoms. The molecule has 0 radical (unpaired) electrons. The quantitative estimate of drug-likeness (QED) is 0.706. The summed E-state index contributed by atoms with van der Waals surface area (Å²) in [6.45, 7) is 0. The second-order valence-electron chi connectivity index (χ2n) is 3.26. The molecule has 2 rings (SSSR count). The van der Waals surface area contributed by atoms with Gasteiger partial charge < -0.3 is 10.2 Å². The van der Waals surface area contributed by atoms with Gasteiger partial charge in [-0.2, -0.15) is 0 Å². The first kappa shape index (κ1) is 9.61. The number of carboxylic acid groups (broad SMARTS) is 1. The van der Waals surface area contributed by atoms with Crippen molar-refractivity contribution in [2.24, 2.45) is 0 Å². The van der Waals surface area contributed by atoms with Crippen LogP contribution in [0.5, 0.6) is 0 Å². The minimum atomic E-state index is -1.56. The predicted molar refractivity (Wildman–Crippen MR) is 52.4 cm³/mol. The number of fused-ring (bicyclic) bond motifs is 1. The third-order valence-corrected chi connectivity index (χ3v) is 2.33. The van der Waals surface area contributed by atoms with E-state index < -0.39 is 17.9 Å². The summed E-state index contributed by atoms with van der Waals surface area (Å²) in [4.78, 5) is 22.3. The number of rotatable bonds is 1. The van der Waals surface area contributed by atoms with Gasteiger partial charge in [0.2, 0.25) is 0 Å². The molecule has 0 fully saturated rings. The fraction of sp³-hybridized carbons (Fsp3) is 0.0909. The highest BCUT2D eigenvalue weighted by Gasteiger charge is 2.31. The Balaban J connectivity index is 2.62. The summed E-state index contributed by atoms with van der Waals surface area (Å²) in [5.74, 6) is -1.84. The molecule has 0 saturated carbocycles. The largest absolute Gasteiger partial charge is 0.478 e. The highest BCUT2D eigenvalue weighted by Crippen LogP contribution is 2.24. The van der Waals surface area contributed by atoms with Crippen molar-refractivity contribution in [2.75, 3.05) is 0 Å². The summed E-state index contributed by atoms with van der Waals surface area (Å²) in [6, 6.07) is 6.58. The average molecular weight is 204 g/mol. The smallest absolute Gasteiger partial charge is 0.334 e. The van der Waals surface area contributed by atoms with Crippen molar-refractivity contribution in [3.63, 3.8) is 0 Å². The van der Waals surface area contributed by atoms with E-state index in [0.29, 0.717) is 11.1 Å². The third-order valence-electron chi connectivity index (χ3n) is 2.33. The van der Waals surface area contributed by atoms with Crippen molar-refractivity contribution in [1.82, 2.24) is 0 Å². The van der Waals surface area contributed by atoms with Gasteiger partial charge in [0.25, 0.3) is 0 Å². The minimum absolute atomic E-state index is 0.279. The second kappa shape index (κ2) is 3.33. The molecule has 0 amide bonds. The van der Waals surface area contributed by atoms with Crippen LogP contribution in [-0.2, 0) is 4.79 Å². The van der Waals surface area contributed by atoms with Gasteiger partial charge in [-0.25, -0.2) is 4.79 Å². The molecule has 4 heteroatoms. The van der Waals surface area contributed by atoms with Crippen LogP contribution in [0.1, 0.15) is 15.9 Å². The number of aliphatic hydroxyl groups is 1. The van der Waals surface area contributed by atoms with Crippen molar-refractivity contribution in [3.8, 4) is 0 Å². The Hall–Kier alpha value is -1.94. The molecule has 1 aliphatic carbocycles. The van der Waals surface area contributed by atoms with Crippen molar-refractivity contribution >= 4 is 17.8 Å². The molecular weight excluding hydrogens is 196 g/mol. The normalized spacial score (nSPS) is 19.4. The molecular formula is C11H8O4. The van der Waals surface area contributed by atoms with Gasteiger partial charge in [0.15, 0.2) is 5.78 Å². The van der Waals surface area contributed by atoms with Gasteiger partial charge in [0.1, 0.15) is 6.10 Å². The molecule has 4 nitrogen and oxygen atoms in total. The van der Waals surface area contributed by atoms with Gasteiger partial charge in [0, 0.05) is 5.56 Å². The molecule has 1 aromatic carbocycles. The summed E-state index contributed by atoms with van der Waals surface area (Å²) in [5, 5.41) is 18.2. The number of carbonyl (C=O) groups is 2. The average Bonchev–Trinajstić information content (AvgIpc) is 2.23. The molecule has 76 valence electrons. The van der Waals surface area contributed by atoms with Crippen LogP contribution in [0.4, 0.5) is 0 Å². The number of benzene rings is 1. The standard InChI is InChI=1S/C11H8O4/c12-9-7-4-2-1-3-6(7)5-8(10(9)13)11(14)15/h1-5,10,13H,(H,14,15). The Morgan fingerprint density at radius 2 is 1.93 bits per heavy atom.